The Hall–Kier alpha value is -2.38. The fourth-order valence-corrected chi connectivity index (χ4v) is 2.57. The Morgan fingerprint density at radius 3 is 2.30 bits per heavy atom. The normalized spacial score (nSPS) is 12.6. The average Bonchev–Trinajstić information content (AvgIpc) is 2.63. The number of amides is 2. The molecule has 27 heavy (non-hydrogen) atoms. The number of halogens is 2. The third-order valence-electron chi connectivity index (χ3n) is 3.59. The summed E-state index contributed by atoms with van der Waals surface area (Å²) in [5.41, 5.74) is 0.825. The lowest BCUT2D eigenvalue weighted by atomic mass is 10.2. The molecule has 0 aliphatic rings. The van der Waals surface area contributed by atoms with Crippen LogP contribution < -0.4 is 10.6 Å². The molecule has 0 aromatic heterocycles. The van der Waals surface area contributed by atoms with E-state index in [0.29, 0.717) is 5.69 Å². The summed E-state index contributed by atoms with van der Waals surface area (Å²) in [6, 6.07) is 12.5. The van der Waals surface area contributed by atoms with Crippen LogP contribution in [0.5, 0.6) is 0 Å². The topological polar surface area (TPSA) is 84.5 Å². The number of carbonyl (C=O) groups excluding carboxylic acids is 3. The molecule has 0 radical (unpaired) electrons. The van der Waals surface area contributed by atoms with Gasteiger partial charge in [0, 0.05) is 10.2 Å². The van der Waals surface area contributed by atoms with Crippen LogP contribution in [0.15, 0.2) is 53.0 Å². The van der Waals surface area contributed by atoms with Crippen LogP contribution in [0.2, 0.25) is 5.02 Å². The van der Waals surface area contributed by atoms with Crippen LogP contribution in [0.1, 0.15) is 24.2 Å². The van der Waals surface area contributed by atoms with Crippen molar-refractivity contribution in [2.75, 3.05) is 5.32 Å². The predicted molar refractivity (Wildman–Crippen MR) is 107 cm³/mol. The molecule has 8 heteroatoms. The molecule has 0 heterocycles. The molecule has 2 N–H and O–H groups in total. The van der Waals surface area contributed by atoms with Crippen LogP contribution in [-0.4, -0.2) is 29.9 Å². The summed E-state index contributed by atoms with van der Waals surface area (Å²) >= 11 is 9.27. The second-order valence-corrected chi connectivity index (χ2v) is 7.07. The number of nitrogens with one attached hydrogen (secondary N) is 2. The monoisotopic (exact) mass is 452 g/mol. The fourth-order valence-electron chi connectivity index (χ4n) is 2.09. The van der Waals surface area contributed by atoms with E-state index in [0.717, 1.165) is 4.47 Å². The lowest BCUT2D eigenvalue weighted by molar-refractivity contribution is -0.154. The summed E-state index contributed by atoms with van der Waals surface area (Å²) in [6.45, 7) is 2.92. The van der Waals surface area contributed by atoms with E-state index < -0.39 is 29.9 Å². The van der Waals surface area contributed by atoms with E-state index >= 15 is 0 Å². The van der Waals surface area contributed by atoms with Gasteiger partial charge < -0.3 is 15.4 Å². The first-order valence-corrected chi connectivity index (χ1v) is 9.27. The van der Waals surface area contributed by atoms with Gasteiger partial charge in [-0.15, -0.1) is 0 Å². The number of carbonyl (C=O) groups is 3. The summed E-state index contributed by atoms with van der Waals surface area (Å²) in [6.07, 6.45) is -1.03. The van der Waals surface area contributed by atoms with Gasteiger partial charge in [-0.25, -0.2) is 4.79 Å². The maximum atomic E-state index is 12.2. The third kappa shape index (κ3) is 6.08. The van der Waals surface area contributed by atoms with E-state index in [4.69, 9.17) is 16.3 Å². The zero-order chi connectivity index (χ0) is 20.0. The molecule has 2 aromatic rings. The molecule has 6 nitrogen and oxygen atoms in total. The van der Waals surface area contributed by atoms with Crippen LogP contribution in [0.25, 0.3) is 0 Å². The number of esters is 1. The maximum absolute atomic E-state index is 12.2. The number of anilines is 1. The highest BCUT2D eigenvalue weighted by Gasteiger charge is 2.24. The van der Waals surface area contributed by atoms with Crippen LogP contribution >= 0.6 is 27.5 Å². The Labute approximate surface area is 170 Å². The van der Waals surface area contributed by atoms with Crippen molar-refractivity contribution >= 4 is 51.0 Å². The van der Waals surface area contributed by atoms with Gasteiger partial charge in [-0.3, -0.25) is 9.59 Å². The van der Waals surface area contributed by atoms with Gasteiger partial charge >= 0.3 is 5.97 Å². The number of rotatable bonds is 6. The van der Waals surface area contributed by atoms with Crippen LogP contribution in [0.4, 0.5) is 5.69 Å². The van der Waals surface area contributed by atoms with Gasteiger partial charge in [-0.1, -0.05) is 39.7 Å². The molecule has 0 spiro atoms. The van der Waals surface area contributed by atoms with E-state index in [-0.39, 0.29) is 10.6 Å². The smallest absolute Gasteiger partial charge is 0.329 e. The van der Waals surface area contributed by atoms with Gasteiger partial charge in [0.1, 0.15) is 6.04 Å². The molecule has 2 atom stereocenters. The minimum absolute atomic E-state index is 0.250. The molecule has 2 aromatic carbocycles. The first-order valence-electron chi connectivity index (χ1n) is 8.10. The van der Waals surface area contributed by atoms with Gasteiger partial charge in [0.15, 0.2) is 6.10 Å². The van der Waals surface area contributed by atoms with Crippen LogP contribution in [-0.2, 0) is 14.3 Å². The second kappa shape index (κ2) is 9.53. The van der Waals surface area contributed by atoms with E-state index in [1.54, 1.807) is 48.5 Å². The largest absolute Gasteiger partial charge is 0.451 e. The first-order chi connectivity index (χ1) is 12.8. The van der Waals surface area contributed by atoms with Gasteiger partial charge in [-0.05, 0) is 50.2 Å². The van der Waals surface area contributed by atoms with Crippen molar-refractivity contribution in [2.24, 2.45) is 0 Å². The van der Waals surface area contributed by atoms with Crippen molar-refractivity contribution in [1.82, 2.24) is 5.32 Å². The minimum atomic E-state index is -1.03. The minimum Gasteiger partial charge on any atom is -0.451 e. The molecule has 142 valence electrons. The van der Waals surface area contributed by atoms with E-state index in [9.17, 15) is 14.4 Å². The molecule has 0 fully saturated rings. The van der Waals surface area contributed by atoms with Gasteiger partial charge in [0.05, 0.1) is 10.6 Å². The number of ether oxygens (including phenoxy) is 1. The molecule has 0 saturated carbocycles. The maximum Gasteiger partial charge on any atom is 0.329 e. The molecule has 2 rings (SSSR count). The molecule has 0 aliphatic heterocycles. The average molecular weight is 454 g/mol. The first kappa shape index (κ1) is 20.9. The van der Waals surface area contributed by atoms with Gasteiger partial charge in [0.25, 0.3) is 11.8 Å². The summed E-state index contributed by atoms with van der Waals surface area (Å²) in [5, 5.41) is 5.42. The van der Waals surface area contributed by atoms with Crippen molar-refractivity contribution in [3.8, 4) is 0 Å². The SMILES string of the molecule is CC(NC(=O)c1ccccc1Cl)C(=O)OC(C)C(=O)Nc1ccc(Br)cc1. The van der Waals surface area contributed by atoms with Crippen molar-refractivity contribution in [3.05, 3.63) is 63.6 Å². The number of hydrogen-bond acceptors (Lipinski definition) is 4. The van der Waals surface area contributed by atoms with E-state index in [1.807, 2.05) is 0 Å². The highest BCUT2D eigenvalue weighted by atomic mass is 79.9. The van der Waals surface area contributed by atoms with Crippen molar-refractivity contribution < 1.29 is 19.1 Å². The molecular formula is C19H18BrClN2O4. The Kier molecular flexibility index (Phi) is 7.38. The lowest BCUT2D eigenvalue weighted by Gasteiger charge is -2.18. The highest BCUT2D eigenvalue weighted by molar-refractivity contribution is 9.10. The quantitative estimate of drug-likeness (QED) is 0.652. The summed E-state index contributed by atoms with van der Waals surface area (Å²) in [7, 11) is 0. The Morgan fingerprint density at radius 1 is 1.04 bits per heavy atom. The molecule has 0 aliphatic carbocycles. The molecule has 0 saturated heterocycles. The number of benzene rings is 2. The number of hydrogen-bond donors (Lipinski definition) is 2. The molecule has 2 amide bonds. The second-order valence-electron chi connectivity index (χ2n) is 5.75. The fraction of sp³-hybridized carbons (Fsp3) is 0.211. The highest BCUT2D eigenvalue weighted by Crippen LogP contribution is 2.16. The van der Waals surface area contributed by atoms with Gasteiger partial charge in [-0.2, -0.15) is 0 Å². The Morgan fingerprint density at radius 2 is 1.67 bits per heavy atom. The molecule has 0 bridgehead atoms. The Bertz CT molecular complexity index is 842. The zero-order valence-corrected chi connectivity index (χ0v) is 17.0. The Balaban J connectivity index is 1.89. The summed E-state index contributed by atoms with van der Waals surface area (Å²) < 4.78 is 6.01. The van der Waals surface area contributed by atoms with Crippen molar-refractivity contribution in [1.29, 1.82) is 0 Å². The van der Waals surface area contributed by atoms with Gasteiger partial charge in [0.2, 0.25) is 0 Å². The standard InChI is InChI=1S/C19H18BrClN2O4/c1-11(22-18(25)15-5-3-4-6-16(15)21)19(26)27-12(2)17(24)23-14-9-7-13(20)8-10-14/h3-12H,1-2H3,(H,22,25)(H,23,24). The molecule has 2 unspecified atom stereocenters. The zero-order valence-electron chi connectivity index (χ0n) is 14.7. The van der Waals surface area contributed by atoms with Crippen molar-refractivity contribution in [3.63, 3.8) is 0 Å². The lowest BCUT2D eigenvalue weighted by Crippen LogP contribution is -2.42. The molecular weight excluding hydrogens is 436 g/mol. The van der Waals surface area contributed by atoms with E-state index in [1.165, 1.54) is 13.8 Å². The predicted octanol–water partition coefficient (Wildman–Crippen LogP) is 3.79. The summed E-state index contributed by atoms with van der Waals surface area (Å²) in [4.78, 5) is 36.5. The third-order valence-corrected chi connectivity index (χ3v) is 4.45. The van der Waals surface area contributed by atoms with E-state index in [2.05, 4.69) is 26.6 Å². The van der Waals surface area contributed by atoms with Crippen LogP contribution in [0, 0.1) is 0 Å². The van der Waals surface area contributed by atoms with Crippen molar-refractivity contribution in [2.45, 2.75) is 26.0 Å². The summed E-state index contributed by atoms with van der Waals surface area (Å²) in [5.74, 6) is -1.71. The van der Waals surface area contributed by atoms with Crippen LogP contribution in [0.3, 0.4) is 0 Å².